The van der Waals surface area contributed by atoms with Gasteiger partial charge in [-0.3, -0.25) is 14.5 Å². The Labute approximate surface area is 167 Å². The molecule has 1 unspecified atom stereocenters. The predicted octanol–water partition coefficient (Wildman–Crippen LogP) is 3.55. The second-order valence-electron chi connectivity index (χ2n) is 7.21. The van der Waals surface area contributed by atoms with Crippen LogP contribution in [0.4, 0.5) is 5.69 Å². The molecule has 1 N–H and O–H groups in total. The minimum Gasteiger partial charge on any atom is -0.339 e. The first-order valence-corrected chi connectivity index (χ1v) is 10.0. The van der Waals surface area contributed by atoms with Crippen molar-refractivity contribution in [1.82, 2.24) is 9.80 Å². The van der Waals surface area contributed by atoms with Crippen molar-refractivity contribution >= 4 is 17.5 Å². The van der Waals surface area contributed by atoms with Crippen molar-refractivity contribution in [2.45, 2.75) is 39.8 Å². The van der Waals surface area contributed by atoms with Crippen LogP contribution in [0.15, 0.2) is 48.5 Å². The Bertz CT molecular complexity index is 845. The molecule has 0 fully saturated rings. The molecule has 2 aromatic rings. The molecule has 0 aromatic heterocycles. The second-order valence-corrected chi connectivity index (χ2v) is 7.21. The van der Waals surface area contributed by atoms with Crippen LogP contribution in [0.5, 0.6) is 0 Å². The smallest absolute Gasteiger partial charge is 0.253 e. The van der Waals surface area contributed by atoms with Crippen molar-refractivity contribution in [3.63, 3.8) is 0 Å². The minimum atomic E-state index is -0.240. The summed E-state index contributed by atoms with van der Waals surface area (Å²) in [4.78, 5) is 29.3. The van der Waals surface area contributed by atoms with E-state index >= 15 is 0 Å². The first-order valence-electron chi connectivity index (χ1n) is 10.0. The van der Waals surface area contributed by atoms with Crippen LogP contribution >= 0.6 is 0 Å². The average molecular weight is 380 g/mol. The molecule has 28 heavy (non-hydrogen) atoms. The van der Waals surface area contributed by atoms with E-state index in [1.54, 1.807) is 17.0 Å². The van der Waals surface area contributed by atoms with E-state index < -0.39 is 0 Å². The Morgan fingerprint density at radius 2 is 1.79 bits per heavy atom. The van der Waals surface area contributed by atoms with Gasteiger partial charge >= 0.3 is 0 Å². The number of benzene rings is 2. The van der Waals surface area contributed by atoms with Crippen LogP contribution in [0.1, 0.15) is 42.3 Å². The van der Waals surface area contributed by atoms with Crippen molar-refractivity contribution in [3.8, 4) is 0 Å². The fourth-order valence-electron chi connectivity index (χ4n) is 3.68. The molecule has 5 nitrogen and oxygen atoms in total. The normalized spacial score (nSPS) is 14.8. The molecule has 1 atom stereocenters. The van der Waals surface area contributed by atoms with Crippen molar-refractivity contribution in [2.75, 3.05) is 25.0 Å². The molecule has 1 heterocycles. The lowest BCUT2D eigenvalue weighted by molar-refractivity contribution is -0.121. The van der Waals surface area contributed by atoms with E-state index in [9.17, 15) is 9.59 Å². The Morgan fingerprint density at radius 1 is 1.07 bits per heavy atom. The van der Waals surface area contributed by atoms with Gasteiger partial charge in [-0.05, 0) is 56.5 Å². The van der Waals surface area contributed by atoms with Gasteiger partial charge in [0.2, 0.25) is 5.91 Å². The van der Waals surface area contributed by atoms with Gasteiger partial charge in [-0.25, -0.2) is 0 Å². The Morgan fingerprint density at radius 3 is 2.50 bits per heavy atom. The fourth-order valence-corrected chi connectivity index (χ4v) is 3.68. The summed E-state index contributed by atoms with van der Waals surface area (Å²) in [6.45, 7) is 8.85. The molecule has 0 spiro atoms. The summed E-state index contributed by atoms with van der Waals surface area (Å²) in [7, 11) is 0. The third kappa shape index (κ3) is 4.42. The van der Waals surface area contributed by atoms with Crippen LogP contribution in [0.25, 0.3) is 0 Å². The second kappa shape index (κ2) is 9.02. The van der Waals surface area contributed by atoms with E-state index in [4.69, 9.17) is 0 Å². The van der Waals surface area contributed by atoms with Crippen molar-refractivity contribution < 1.29 is 9.59 Å². The van der Waals surface area contributed by atoms with Gasteiger partial charge in [0.05, 0.1) is 6.04 Å². The van der Waals surface area contributed by atoms with Crippen LogP contribution in [0.3, 0.4) is 0 Å². The molecule has 1 aliphatic rings. The number of rotatable bonds is 6. The number of nitrogens with zero attached hydrogens (tertiary/aromatic N) is 2. The summed E-state index contributed by atoms with van der Waals surface area (Å²) in [5.41, 5.74) is 3.92. The summed E-state index contributed by atoms with van der Waals surface area (Å²) in [6.07, 6.45) is 0.960. The fraction of sp³-hybridized carbons (Fsp3) is 0.391. The van der Waals surface area contributed by atoms with Crippen LogP contribution < -0.4 is 5.32 Å². The zero-order valence-corrected chi connectivity index (χ0v) is 16.9. The van der Waals surface area contributed by atoms with Gasteiger partial charge in [0.25, 0.3) is 5.91 Å². The highest BCUT2D eigenvalue weighted by molar-refractivity contribution is 5.98. The highest BCUT2D eigenvalue weighted by atomic mass is 16.2. The zero-order valence-electron chi connectivity index (χ0n) is 16.9. The third-order valence-corrected chi connectivity index (χ3v) is 5.52. The average Bonchev–Trinajstić information content (AvgIpc) is 2.73. The molecule has 148 valence electrons. The van der Waals surface area contributed by atoms with Gasteiger partial charge in [-0.15, -0.1) is 0 Å². The van der Waals surface area contributed by atoms with Gasteiger partial charge in [0, 0.05) is 37.4 Å². The summed E-state index contributed by atoms with van der Waals surface area (Å²) < 4.78 is 0. The topological polar surface area (TPSA) is 52.7 Å². The standard InChI is InChI=1S/C23H29N3O2/c1-4-25(5-2)23(28)19-11-8-12-21(15-19)24-22(27)17(3)26-14-13-18-9-6-7-10-20(18)16-26/h6-12,15,17H,4-5,13-14,16H2,1-3H3,(H,24,27). The molecular formula is C23H29N3O2. The van der Waals surface area contributed by atoms with E-state index in [1.165, 1.54) is 11.1 Å². The highest BCUT2D eigenvalue weighted by Crippen LogP contribution is 2.21. The SMILES string of the molecule is CCN(CC)C(=O)c1cccc(NC(=O)C(C)N2CCc3ccccc3C2)c1. The molecule has 1 aliphatic heterocycles. The van der Waals surface area contributed by atoms with E-state index in [-0.39, 0.29) is 17.9 Å². The maximum atomic E-state index is 12.8. The van der Waals surface area contributed by atoms with Gasteiger partial charge in [0.15, 0.2) is 0 Å². The number of anilines is 1. The van der Waals surface area contributed by atoms with Gasteiger partial charge < -0.3 is 10.2 Å². The maximum absolute atomic E-state index is 12.8. The van der Waals surface area contributed by atoms with Crippen LogP contribution in [-0.2, 0) is 17.8 Å². The number of carbonyl (C=O) groups is 2. The largest absolute Gasteiger partial charge is 0.339 e. The Kier molecular flexibility index (Phi) is 6.47. The molecule has 2 amide bonds. The summed E-state index contributed by atoms with van der Waals surface area (Å²) >= 11 is 0. The minimum absolute atomic E-state index is 0.0122. The first kappa shape index (κ1) is 20.1. The third-order valence-electron chi connectivity index (χ3n) is 5.52. The molecule has 0 bridgehead atoms. The molecular weight excluding hydrogens is 350 g/mol. The van der Waals surface area contributed by atoms with E-state index in [2.05, 4.69) is 28.4 Å². The Hall–Kier alpha value is -2.66. The van der Waals surface area contributed by atoms with Crippen molar-refractivity contribution in [1.29, 1.82) is 0 Å². The van der Waals surface area contributed by atoms with Gasteiger partial charge in [0.1, 0.15) is 0 Å². The lowest BCUT2D eigenvalue weighted by Gasteiger charge is -2.32. The number of hydrogen-bond donors (Lipinski definition) is 1. The molecule has 0 radical (unpaired) electrons. The van der Waals surface area contributed by atoms with Gasteiger partial charge in [-0.2, -0.15) is 0 Å². The zero-order chi connectivity index (χ0) is 20.1. The number of fused-ring (bicyclic) bond motifs is 1. The maximum Gasteiger partial charge on any atom is 0.253 e. The van der Waals surface area contributed by atoms with Crippen molar-refractivity contribution in [2.24, 2.45) is 0 Å². The van der Waals surface area contributed by atoms with E-state index in [0.29, 0.717) is 24.3 Å². The van der Waals surface area contributed by atoms with E-state index in [0.717, 1.165) is 19.5 Å². The van der Waals surface area contributed by atoms with Crippen LogP contribution in [0, 0.1) is 0 Å². The summed E-state index contributed by atoms with van der Waals surface area (Å²) in [5.74, 6) is -0.0615. The van der Waals surface area contributed by atoms with Crippen LogP contribution in [0.2, 0.25) is 0 Å². The van der Waals surface area contributed by atoms with Crippen LogP contribution in [-0.4, -0.2) is 47.3 Å². The Balaban J connectivity index is 1.66. The number of hydrogen-bond acceptors (Lipinski definition) is 3. The number of nitrogens with one attached hydrogen (secondary N) is 1. The molecule has 0 saturated carbocycles. The molecule has 0 aliphatic carbocycles. The summed E-state index contributed by atoms with van der Waals surface area (Å²) in [6, 6.07) is 15.4. The van der Waals surface area contributed by atoms with E-state index in [1.807, 2.05) is 39.0 Å². The highest BCUT2D eigenvalue weighted by Gasteiger charge is 2.25. The lowest BCUT2D eigenvalue weighted by Crippen LogP contribution is -2.44. The molecule has 3 rings (SSSR count). The number of carbonyl (C=O) groups excluding carboxylic acids is 2. The van der Waals surface area contributed by atoms with Gasteiger partial charge in [-0.1, -0.05) is 30.3 Å². The first-order chi connectivity index (χ1) is 13.5. The molecule has 2 aromatic carbocycles. The van der Waals surface area contributed by atoms with Crippen molar-refractivity contribution in [3.05, 3.63) is 65.2 Å². The monoisotopic (exact) mass is 379 g/mol. The molecule has 5 heteroatoms. The molecule has 0 saturated heterocycles. The summed E-state index contributed by atoms with van der Waals surface area (Å²) in [5, 5.41) is 2.98. The quantitative estimate of drug-likeness (QED) is 0.835. The number of amides is 2. The lowest BCUT2D eigenvalue weighted by atomic mass is 9.99. The predicted molar refractivity (Wildman–Crippen MR) is 112 cm³/mol.